The average Bonchev–Trinajstić information content (AvgIpc) is 3.37. The Morgan fingerprint density at radius 2 is 1.94 bits per heavy atom. The summed E-state index contributed by atoms with van der Waals surface area (Å²) in [7, 11) is 0. The van der Waals surface area contributed by atoms with Gasteiger partial charge in [-0.1, -0.05) is 0 Å². The van der Waals surface area contributed by atoms with Crippen LogP contribution in [0.4, 0.5) is 19.0 Å². The van der Waals surface area contributed by atoms with E-state index < -0.39 is 51.8 Å². The average molecular weight is 530 g/mol. The number of nitrogens with zero attached hydrogens (tertiary/aromatic N) is 3. The summed E-state index contributed by atoms with van der Waals surface area (Å²) in [6, 6.07) is 0.678. The molecule has 0 bridgehead atoms. The van der Waals surface area contributed by atoms with Gasteiger partial charge in [0, 0.05) is 36.4 Å². The van der Waals surface area contributed by atoms with Gasteiger partial charge >= 0.3 is 6.18 Å². The fourth-order valence-electron chi connectivity index (χ4n) is 3.70. The van der Waals surface area contributed by atoms with E-state index in [-0.39, 0.29) is 22.4 Å². The Morgan fingerprint density at radius 1 is 1.28 bits per heavy atom. The summed E-state index contributed by atoms with van der Waals surface area (Å²) < 4.78 is 58.6. The summed E-state index contributed by atoms with van der Waals surface area (Å²) in [5.41, 5.74) is -4.38. The smallest absolute Gasteiger partial charge is 0.389 e. The summed E-state index contributed by atoms with van der Waals surface area (Å²) in [4.78, 5) is 35.9. The Balaban J connectivity index is 2.17. The second-order valence-corrected chi connectivity index (χ2v) is 11.3. The maximum Gasteiger partial charge on any atom is 0.417 e. The summed E-state index contributed by atoms with van der Waals surface area (Å²) in [6.07, 6.45) is -2.40. The highest BCUT2D eigenvalue weighted by atomic mass is 32.1. The van der Waals surface area contributed by atoms with E-state index in [1.54, 1.807) is 20.8 Å². The van der Waals surface area contributed by atoms with E-state index in [4.69, 9.17) is 2.74 Å². The molecule has 3 heterocycles. The first-order valence-corrected chi connectivity index (χ1v) is 12.3. The summed E-state index contributed by atoms with van der Waals surface area (Å²) in [5.74, 6) is -1.73. The number of hydrogen-bond acceptors (Lipinski definition) is 7. The molecule has 2 aromatic heterocycles. The molecule has 12 heteroatoms. The Kier molecular flexibility index (Phi) is 6.90. The number of rotatable bonds is 6. The first-order chi connectivity index (χ1) is 17.2. The zero-order valence-corrected chi connectivity index (χ0v) is 21.8. The van der Waals surface area contributed by atoms with Crippen LogP contribution in [0.2, 0.25) is 0 Å². The Morgan fingerprint density at radius 3 is 2.47 bits per heavy atom. The fourth-order valence-corrected chi connectivity index (χ4v) is 4.68. The molecule has 36 heavy (non-hydrogen) atoms. The Bertz CT molecular complexity index is 1220. The van der Waals surface area contributed by atoms with Crippen molar-refractivity contribution in [2.24, 2.45) is 0 Å². The molecule has 2 amide bonds. The number of thiazole rings is 1. The fraction of sp³-hybridized carbons (Fsp3) is 0.583. The van der Waals surface area contributed by atoms with E-state index in [0.717, 1.165) is 26.1 Å². The van der Waals surface area contributed by atoms with E-state index in [1.165, 1.54) is 4.90 Å². The third-order valence-corrected chi connectivity index (χ3v) is 6.36. The number of anilines is 1. The largest absolute Gasteiger partial charge is 0.417 e. The molecule has 198 valence electrons. The van der Waals surface area contributed by atoms with Gasteiger partial charge in [0.15, 0.2) is 5.01 Å². The molecular weight excluding hydrogens is 495 g/mol. The number of carbonyl (C=O) groups is 2. The monoisotopic (exact) mass is 529 g/mol. The van der Waals surface area contributed by atoms with Crippen LogP contribution in [0, 0.1) is 0 Å². The zero-order valence-electron chi connectivity index (χ0n) is 23.0. The highest BCUT2D eigenvalue weighted by Gasteiger charge is 2.38. The van der Waals surface area contributed by atoms with Crippen LogP contribution in [-0.2, 0) is 6.18 Å². The predicted molar refractivity (Wildman–Crippen MR) is 132 cm³/mol. The number of carbonyl (C=O) groups excluding carboxylic acids is 2. The first-order valence-electron chi connectivity index (χ1n) is 12.4. The van der Waals surface area contributed by atoms with Crippen molar-refractivity contribution < 1.29 is 30.6 Å². The maximum atomic E-state index is 14.2. The Labute approximate surface area is 215 Å². The number of halogens is 3. The quantitative estimate of drug-likeness (QED) is 0.507. The van der Waals surface area contributed by atoms with Gasteiger partial charge in [-0.2, -0.15) is 13.2 Å². The summed E-state index contributed by atoms with van der Waals surface area (Å²) in [6.45, 7) is 7.22. The lowest BCUT2D eigenvalue weighted by molar-refractivity contribution is -0.137. The van der Waals surface area contributed by atoms with Gasteiger partial charge < -0.3 is 20.6 Å². The van der Waals surface area contributed by atoms with Crippen molar-refractivity contribution >= 4 is 29.0 Å². The van der Waals surface area contributed by atoms with E-state index in [9.17, 15) is 27.9 Å². The van der Waals surface area contributed by atoms with Crippen LogP contribution in [0.15, 0.2) is 12.3 Å². The number of likely N-dealkylation sites (tertiary alicyclic amines) is 1. The second kappa shape index (κ2) is 9.97. The zero-order chi connectivity index (χ0) is 28.8. The van der Waals surface area contributed by atoms with Crippen molar-refractivity contribution in [3.05, 3.63) is 28.5 Å². The SMILES string of the molecule is [2H]C([2H])(NC(=O)c1nc(C(=O)N2CCC[C@@H]2C)c(-c2cnc(NC(C)(C)C)cc2C(F)(F)F)s1)C(C)(C)O. The van der Waals surface area contributed by atoms with Crippen molar-refractivity contribution in [2.75, 3.05) is 18.4 Å². The lowest BCUT2D eigenvalue weighted by atomic mass is 10.1. The van der Waals surface area contributed by atoms with Crippen LogP contribution in [0.25, 0.3) is 10.4 Å². The molecule has 1 fully saturated rings. The van der Waals surface area contributed by atoms with Gasteiger partial charge in [0.25, 0.3) is 11.8 Å². The van der Waals surface area contributed by atoms with Gasteiger partial charge in [-0.25, -0.2) is 9.97 Å². The minimum atomic E-state index is -4.82. The van der Waals surface area contributed by atoms with E-state index in [2.05, 4.69) is 15.3 Å². The first kappa shape index (κ1) is 24.9. The highest BCUT2D eigenvalue weighted by molar-refractivity contribution is 7.17. The topological polar surface area (TPSA) is 107 Å². The molecule has 0 unspecified atom stereocenters. The number of amides is 2. The third kappa shape index (κ3) is 6.73. The van der Waals surface area contributed by atoms with Gasteiger partial charge in [0.05, 0.1) is 18.8 Å². The molecule has 0 saturated carbocycles. The molecule has 1 atom stereocenters. The van der Waals surface area contributed by atoms with Crippen molar-refractivity contribution in [2.45, 2.75) is 77.7 Å². The maximum absolute atomic E-state index is 14.2. The van der Waals surface area contributed by atoms with Crippen LogP contribution in [0.3, 0.4) is 0 Å². The molecule has 0 spiro atoms. The molecule has 8 nitrogen and oxygen atoms in total. The molecule has 3 rings (SSSR count). The number of nitrogens with one attached hydrogen (secondary N) is 2. The standard InChI is InChI=1S/C24H32F3N5O3S/c1-13-8-7-9-32(13)21(34)17-18(36-20(30-17)19(33)29-12-23(5,6)35)14-11-28-16(31-22(2,3)4)10-15(14)24(25,26)27/h10-11,13,35H,7-9,12H2,1-6H3,(H,28,31)(H,29,33)/t13-/m0/s1/i12D2. The lowest BCUT2D eigenvalue weighted by Crippen LogP contribution is -2.38. The number of hydrogen-bond donors (Lipinski definition) is 3. The Hall–Kier alpha value is -2.73. The molecule has 1 aliphatic heterocycles. The van der Waals surface area contributed by atoms with Crippen molar-refractivity contribution in [1.82, 2.24) is 20.2 Å². The molecule has 0 aliphatic carbocycles. The molecule has 1 aliphatic rings. The lowest BCUT2D eigenvalue weighted by Gasteiger charge is -2.23. The minimum Gasteiger partial charge on any atom is -0.389 e. The van der Waals surface area contributed by atoms with Crippen molar-refractivity contribution in [3.63, 3.8) is 0 Å². The molecular formula is C24H32F3N5O3S. The second-order valence-electron chi connectivity index (χ2n) is 10.3. The van der Waals surface area contributed by atoms with Crippen LogP contribution in [0.1, 0.15) is 83.0 Å². The van der Waals surface area contributed by atoms with Gasteiger partial charge in [-0.3, -0.25) is 9.59 Å². The van der Waals surface area contributed by atoms with Crippen molar-refractivity contribution in [3.8, 4) is 10.4 Å². The minimum absolute atomic E-state index is 0.0181. The molecule has 3 N–H and O–H groups in total. The van der Waals surface area contributed by atoms with Crippen molar-refractivity contribution in [1.29, 1.82) is 0 Å². The summed E-state index contributed by atoms with van der Waals surface area (Å²) >= 11 is 0.530. The molecule has 2 aromatic rings. The predicted octanol–water partition coefficient (Wildman–Crippen LogP) is 4.56. The van der Waals surface area contributed by atoms with E-state index >= 15 is 0 Å². The normalized spacial score (nSPS) is 18.1. The number of alkyl halides is 3. The molecule has 0 aromatic carbocycles. The van der Waals surface area contributed by atoms with Crippen LogP contribution < -0.4 is 10.6 Å². The van der Waals surface area contributed by atoms with Gasteiger partial charge in [-0.05, 0) is 60.5 Å². The number of aromatic nitrogens is 2. The third-order valence-electron chi connectivity index (χ3n) is 5.28. The number of pyridine rings is 1. The molecule has 1 saturated heterocycles. The van der Waals surface area contributed by atoms with Gasteiger partial charge in [-0.15, -0.1) is 11.3 Å². The van der Waals surface area contributed by atoms with Crippen LogP contribution in [0.5, 0.6) is 0 Å². The van der Waals surface area contributed by atoms with Crippen LogP contribution >= 0.6 is 11.3 Å². The van der Waals surface area contributed by atoms with Gasteiger partial charge in [0.1, 0.15) is 11.5 Å². The van der Waals surface area contributed by atoms with Gasteiger partial charge in [0.2, 0.25) is 0 Å². The highest BCUT2D eigenvalue weighted by Crippen LogP contribution is 2.42. The van der Waals surface area contributed by atoms with Crippen LogP contribution in [-0.4, -0.2) is 62.0 Å². The van der Waals surface area contributed by atoms with E-state index in [0.29, 0.717) is 30.7 Å². The number of aliphatic hydroxyl groups is 1. The molecule has 0 radical (unpaired) electrons. The summed E-state index contributed by atoms with van der Waals surface area (Å²) in [5, 5.41) is 14.6. The van der Waals surface area contributed by atoms with E-state index in [1.807, 2.05) is 12.2 Å².